The molecule has 0 saturated heterocycles. The van der Waals surface area contributed by atoms with Crippen molar-refractivity contribution in [3.8, 4) is 11.3 Å². The number of hydrogen-bond donors (Lipinski definition) is 3. The van der Waals surface area contributed by atoms with Gasteiger partial charge in [-0.25, -0.2) is 0 Å². The molecular weight excluding hydrogens is 306 g/mol. The molecule has 6 nitrogen and oxygen atoms in total. The number of nitrogens with one attached hydrogen (secondary N) is 2. The quantitative estimate of drug-likeness (QED) is 0.806. The number of carbonyl (C=O) groups is 2. The van der Waals surface area contributed by atoms with Crippen molar-refractivity contribution >= 4 is 23.5 Å². The highest BCUT2D eigenvalue weighted by Crippen LogP contribution is 2.27. The minimum Gasteiger partial charge on any atom is -0.481 e. The molecule has 3 N–H and O–H groups in total. The highest BCUT2D eigenvalue weighted by Gasteiger charge is 2.35. The number of H-pyrrole nitrogens is 1. The summed E-state index contributed by atoms with van der Waals surface area (Å²) in [6.45, 7) is 0. The molecule has 1 fully saturated rings. The number of carbonyl (C=O) groups excluding carboxylic acids is 1. The Hall–Kier alpha value is -2.34. The van der Waals surface area contributed by atoms with Crippen LogP contribution in [-0.4, -0.2) is 33.2 Å². The summed E-state index contributed by atoms with van der Waals surface area (Å²) in [5, 5.41) is 19.0. The Bertz CT molecular complexity index is 705. The summed E-state index contributed by atoms with van der Waals surface area (Å²) in [7, 11) is 0. The summed E-state index contributed by atoms with van der Waals surface area (Å²) >= 11 is 5.83. The van der Waals surface area contributed by atoms with Crippen molar-refractivity contribution in [2.45, 2.75) is 18.9 Å². The molecule has 0 bridgehead atoms. The van der Waals surface area contributed by atoms with E-state index >= 15 is 0 Å². The van der Waals surface area contributed by atoms with E-state index in [0.29, 0.717) is 29.3 Å². The lowest BCUT2D eigenvalue weighted by Crippen LogP contribution is -2.46. The van der Waals surface area contributed by atoms with E-state index < -0.39 is 5.97 Å². The second kappa shape index (κ2) is 5.81. The average Bonchev–Trinajstić information content (AvgIpc) is 2.92. The van der Waals surface area contributed by atoms with Crippen molar-refractivity contribution in [3.05, 3.63) is 41.0 Å². The molecule has 0 unspecified atom stereocenters. The fourth-order valence-electron chi connectivity index (χ4n) is 2.41. The summed E-state index contributed by atoms with van der Waals surface area (Å²) in [6.07, 6.45) is 0.943. The van der Waals surface area contributed by atoms with E-state index in [0.717, 1.165) is 5.56 Å². The van der Waals surface area contributed by atoms with Gasteiger partial charge in [0.1, 0.15) is 5.69 Å². The van der Waals surface area contributed by atoms with Gasteiger partial charge in [-0.3, -0.25) is 14.7 Å². The first kappa shape index (κ1) is 14.6. The number of aromatic nitrogens is 2. The van der Waals surface area contributed by atoms with Crippen molar-refractivity contribution in [3.63, 3.8) is 0 Å². The highest BCUT2D eigenvalue weighted by atomic mass is 35.5. The molecule has 1 aliphatic rings. The lowest BCUT2D eigenvalue weighted by molar-refractivity contribution is -0.145. The third-order valence-corrected chi connectivity index (χ3v) is 4.04. The lowest BCUT2D eigenvalue weighted by atomic mass is 9.80. The second-order valence-corrected chi connectivity index (χ2v) is 5.79. The predicted molar refractivity (Wildman–Crippen MR) is 80.6 cm³/mol. The van der Waals surface area contributed by atoms with E-state index in [4.69, 9.17) is 16.7 Å². The Morgan fingerprint density at radius 1 is 1.27 bits per heavy atom. The van der Waals surface area contributed by atoms with Crippen LogP contribution >= 0.6 is 11.6 Å². The monoisotopic (exact) mass is 319 g/mol. The summed E-state index contributed by atoms with van der Waals surface area (Å²) in [6, 6.07) is 8.73. The van der Waals surface area contributed by atoms with E-state index in [1.165, 1.54) is 0 Å². The Kier molecular flexibility index (Phi) is 3.85. The summed E-state index contributed by atoms with van der Waals surface area (Å²) in [4.78, 5) is 22.8. The van der Waals surface area contributed by atoms with Crippen molar-refractivity contribution in [2.75, 3.05) is 0 Å². The van der Waals surface area contributed by atoms with Gasteiger partial charge in [0.25, 0.3) is 5.91 Å². The number of nitrogens with zero attached hydrogens (tertiary/aromatic N) is 1. The fraction of sp³-hybridized carbons (Fsp3) is 0.267. The third-order valence-electron chi connectivity index (χ3n) is 3.79. The molecule has 1 heterocycles. The molecule has 1 aliphatic carbocycles. The van der Waals surface area contributed by atoms with Crippen molar-refractivity contribution in [2.24, 2.45) is 5.92 Å². The third kappa shape index (κ3) is 2.96. The van der Waals surface area contributed by atoms with Gasteiger partial charge in [0, 0.05) is 16.6 Å². The molecule has 1 aromatic carbocycles. The zero-order valence-corrected chi connectivity index (χ0v) is 12.3. The van der Waals surface area contributed by atoms with Gasteiger partial charge in [-0.15, -0.1) is 0 Å². The first-order chi connectivity index (χ1) is 10.5. The van der Waals surface area contributed by atoms with Gasteiger partial charge in [-0.2, -0.15) is 5.10 Å². The molecule has 0 radical (unpaired) electrons. The highest BCUT2D eigenvalue weighted by molar-refractivity contribution is 6.30. The smallest absolute Gasteiger partial charge is 0.306 e. The van der Waals surface area contributed by atoms with Gasteiger partial charge < -0.3 is 10.4 Å². The zero-order chi connectivity index (χ0) is 15.7. The first-order valence-electron chi connectivity index (χ1n) is 6.88. The van der Waals surface area contributed by atoms with Gasteiger partial charge >= 0.3 is 5.97 Å². The normalized spacial score (nSPS) is 20.2. The van der Waals surface area contributed by atoms with Gasteiger partial charge in [-0.1, -0.05) is 23.7 Å². The molecule has 7 heteroatoms. The molecule has 0 spiro atoms. The molecule has 2 aromatic rings. The van der Waals surface area contributed by atoms with E-state index in [-0.39, 0.29) is 17.9 Å². The van der Waals surface area contributed by atoms with Crippen LogP contribution in [0.5, 0.6) is 0 Å². The molecule has 3 rings (SSSR count). The Balaban J connectivity index is 1.63. The van der Waals surface area contributed by atoms with Gasteiger partial charge in [0.05, 0.1) is 11.6 Å². The van der Waals surface area contributed by atoms with Gasteiger partial charge in [0.15, 0.2) is 0 Å². The molecule has 0 atom stereocenters. The van der Waals surface area contributed by atoms with Crippen LogP contribution in [0.2, 0.25) is 5.02 Å². The Morgan fingerprint density at radius 2 is 1.95 bits per heavy atom. The van der Waals surface area contributed by atoms with Crippen LogP contribution in [0, 0.1) is 5.92 Å². The van der Waals surface area contributed by atoms with Crippen LogP contribution in [0.4, 0.5) is 0 Å². The number of hydrogen-bond acceptors (Lipinski definition) is 3. The van der Waals surface area contributed by atoms with Crippen LogP contribution in [-0.2, 0) is 4.79 Å². The van der Waals surface area contributed by atoms with Gasteiger partial charge in [0.2, 0.25) is 0 Å². The van der Waals surface area contributed by atoms with Crippen molar-refractivity contribution in [1.82, 2.24) is 15.5 Å². The Morgan fingerprint density at radius 3 is 2.59 bits per heavy atom. The largest absolute Gasteiger partial charge is 0.481 e. The SMILES string of the molecule is O=C(NC1CC(C(=O)O)C1)c1cc(-c2ccc(Cl)cc2)n[nH]1. The van der Waals surface area contributed by atoms with Crippen LogP contribution in [0.3, 0.4) is 0 Å². The molecule has 1 saturated carbocycles. The number of amides is 1. The number of carboxylic acids is 1. The fourth-order valence-corrected chi connectivity index (χ4v) is 2.53. The maximum Gasteiger partial charge on any atom is 0.306 e. The zero-order valence-electron chi connectivity index (χ0n) is 11.5. The molecule has 22 heavy (non-hydrogen) atoms. The molecule has 1 aromatic heterocycles. The standard InChI is InChI=1S/C15H14ClN3O3/c16-10-3-1-8(2-4-10)12-7-13(19-18-12)14(20)17-11-5-9(6-11)15(21)22/h1-4,7,9,11H,5-6H2,(H,17,20)(H,18,19)(H,21,22). The molecule has 1 amide bonds. The topological polar surface area (TPSA) is 95.1 Å². The number of aliphatic carboxylic acids is 1. The average molecular weight is 320 g/mol. The van der Waals surface area contributed by atoms with Crippen LogP contribution < -0.4 is 5.32 Å². The minimum atomic E-state index is -0.808. The first-order valence-corrected chi connectivity index (χ1v) is 7.26. The summed E-state index contributed by atoms with van der Waals surface area (Å²) in [5.41, 5.74) is 1.86. The number of benzene rings is 1. The Labute approximate surface area is 131 Å². The maximum absolute atomic E-state index is 12.1. The second-order valence-electron chi connectivity index (χ2n) is 5.35. The molecule has 0 aliphatic heterocycles. The number of carboxylic acid groups (broad SMARTS) is 1. The van der Waals surface area contributed by atoms with Crippen LogP contribution in [0.15, 0.2) is 30.3 Å². The van der Waals surface area contributed by atoms with Crippen molar-refractivity contribution < 1.29 is 14.7 Å². The van der Waals surface area contributed by atoms with Crippen molar-refractivity contribution in [1.29, 1.82) is 0 Å². The number of aromatic amines is 1. The van der Waals surface area contributed by atoms with Crippen LogP contribution in [0.25, 0.3) is 11.3 Å². The number of rotatable bonds is 4. The van der Waals surface area contributed by atoms with E-state index in [1.807, 2.05) is 12.1 Å². The van der Waals surface area contributed by atoms with E-state index in [2.05, 4.69) is 15.5 Å². The van der Waals surface area contributed by atoms with Gasteiger partial charge in [-0.05, 0) is 31.0 Å². The lowest BCUT2D eigenvalue weighted by Gasteiger charge is -2.32. The molecule has 114 valence electrons. The van der Waals surface area contributed by atoms with E-state index in [1.54, 1.807) is 18.2 Å². The minimum absolute atomic E-state index is 0.0871. The number of halogens is 1. The summed E-state index contributed by atoms with van der Waals surface area (Å²) < 4.78 is 0. The summed E-state index contributed by atoms with van der Waals surface area (Å²) in [5.74, 6) is -1.43. The molecular formula is C15H14ClN3O3. The van der Waals surface area contributed by atoms with Crippen LogP contribution in [0.1, 0.15) is 23.3 Å². The van der Waals surface area contributed by atoms with E-state index in [9.17, 15) is 9.59 Å². The predicted octanol–water partition coefficient (Wildman–Crippen LogP) is 2.32. The maximum atomic E-state index is 12.1.